The zero-order chi connectivity index (χ0) is 10.6. The number of rotatable bonds is 4. The molecule has 2 heteroatoms. The van der Waals surface area contributed by atoms with E-state index < -0.39 is 0 Å². The monoisotopic (exact) mass is 191 g/mol. The van der Waals surface area contributed by atoms with Crippen molar-refractivity contribution in [3.63, 3.8) is 0 Å². The third-order valence-corrected chi connectivity index (χ3v) is 2.29. The minimum atomic E-state index is -0.375. The molecule has 0 heterocycles. The van der Waals surface area contributed by atoms with Crippen LogP contribution in [0.15, 0.2) is 24.3 Å². The Labute approximate surface area is 85.1 Å². The van der Waals surface area contributed by atoms with Crippen LogP contribution in [0.4, 0.5) is 0 Å². The molecular formula is C12H17NO. The van der Waals surface area contributed by atoms with Gasteiger partial charge in [0.05, 0.1) is 6.04 Å². The standard InChI is InChI=1S/C12H17NO/c1-9(2)11-5-3-10(4-6-11)7-12(13)8-14/h3-6,8-9,12H,7,13H2,1-2H3. The van der Waals surface area contributed by atoms with E-state index in [4.69, 9.17) is 5.73 Å². The van der Waals surface area contributed by atoms with Gasteiger partial charge in [0.1, 0.15) is 6.29 Å². The number of carbonyl (C=O) groups excluding carboxylic acids is 1. The summed E-state index contributed by atoms with van der Waals surface area (Å²) in [7, 11) is 0. The summed E-state index contributed by atoms with van der Waals surface area (Å²) in [6.45, 7) is 4.32. The molecule has 0 fully saturated rings. The van der Waals surface area contributed by atoms with Crippen LogP contribution in [0.1, 0.15) is 30.9 Å². The molecule has 0 aliphatic rings. The third-order valence-electron chi connectivity index (χ3n) is 2.29. The lowest BCUT2D eigenvalue weighted by Gasteiger charge is -2.07. The van der Waals surface area contributed by atoms with Gasteiger partial charge in [0.25, 0.3) is 0 Å². The molecule has 0 saturated carbocycles. The second kappa shape index (κ2) is 4.91. The topological polar surface area (TPSA) is 43.1 Å². The predicted octanol–water partition coefficient (Wildman–Crippen LogP) is 1.88. The van der Waals surface area contributed by atoms with Gasteiger partial charge >= 0.3 is 0 Å². The Morgan fingerprint density at radius 3 is 2.29 bits per heavy atom. The number of aldehydes is 1. The van der Waals surface area contributed by atoms with Gasteiger partial charge in [0.2, 0.25) is 0 Å². The van der Waals surface area contributed by atoms with E-state index in [2.05, 4.69) is 26.0 Å². The highest BCUT2D eigenvalue weighted by molar-refractivity contribution is 5.57. The Morgan fingerprint density at radius 1 is 1.29 bits per heavy atom. The van der Waals surface area contributed by atoms with Gasteiger partial charge < -0.3 is 10.5 Å². The maximum Gasteiger partial charge on any atom is 0.137 e. The van der Waals surface area contributed by atoms with E-state index in [0.29, 0.717) is 12.3 Å². The molecule has 0 spiro atoms. The average molecular weight is 191 g/mol. The molecule has 0 radical (unpaired) electrons. The molecule has 0 amide bonds. The average Bonchev–Trinajstić information content (AvgIpc) is 2.18. The summed E-state index contributed by atoms with van der Waals surface area (Å²) < 4.78 is 0. The fraction of sp³-hybridized carbons (Fsp3) is 0.417. The van der Waals surface area contributed by atoms with Crippen LogP contribution in [0, 0.1) is 0 Å². The molecule has 2 nitrogen and oxygen atoms in total. The summed E-state index contributed by atoms with van der Waals surface area (Å²) in [5.74, 6) is 0.545. The first-order valence-corrected chi connectivity index (χ1v) is 4.93. The van der Waals surface area contributed by atoms with Crippen LogP contribution < -0.4 is 5.73 Å². The maximum absolute atomic E-state index is 10.4. The minimum Gasteiger partial charge on any atom is -0.321 e. The van der Waals surface area contributed by atoms with Crippen molar-refractivity contribution in [2.24, 2.45) is 5.73 Å². The number of carbonyl (C=O) groups is 1. The fourth-order valence-corrected chi connectivity index (χ4v) is 1.36. The van der Waals surface area contributed by atoms with Gasteiger partial charge in [0, 0.05) is 0 Å². The first kappa shape index (κ1) is 10.9. The Morgan fingerprint density at radius 2 is 1.86 bits per heavy atom. The Hall–Kier alpha value is -1.15. The first-order valence-electron chi connectivity index (χ1n) is 4.93. The number of nitrogens with two attached hydrogens (primary N) is 1. The molecule has 2 N–H and O–H groups in total. The molecule has 14 heavy (non-hydrogen) atoms. The predicted molar refractivity (Wildman–Crippen MR) is 58.3 cm³/mol. The molecule has 1 atom stereocenters. The van der Waals surface area contributed by atoms with Crippen molar-refractivity contribution < 1.29 is 4.79 Å². The quantitative estimate of drug-likeness (QED) is 0.738. The van der Waals surface area contributed by atoms with Gasteiger partial charge in [-0.3, -0.25) is 0 Å². The SMILES string of the molecule is CC(C)c1ccc(CC(N)C=O)cc1. The van der Waals surface area contributed by atoms with Gasteiger partial charge in [-0.2, -0.15) is 0 Å². The molecule has 76 valence electrons. The summed E-state index contributed by atoms with van der Waals surface area (Å²) in [6, 6.07) is 7.90. The van der Waals surface area contributed by atoms with Crippen molar-refractivity contribution in [3.05, 3.63) is 35.4 Å². The molecule has 0 aliphatic heterocycles. The lowest BCUT2D eigenvalue weighted by atomic mass is 9.99. The summed E-state index contributed by atoms with van der Waals surface area (Å²) in [5.41, 5.74) is 7.97. The zero-order valence-corrected chi connectivity index (χ0v) is 8.73. The molecule has 0 saturated heterocycles. The minimum absolute atomic E-state index is 0.375. The van der Waals surface area contributed by atoms with Gasteiger partial charge in [-0.1, -0.05) is 38.1 Å². The summed E-state index contributed by atoms with van der Waals surface area (Å²) in [5, 5.41) is 0. The van der Waals surface area contributed by atoms with Crippen molar-refractivity contribution in [2.45, 2.75) is 32.2 Å². The molecule has 0 bridgehead atoms. The Balaban J connectivity index is 2.68. The first-order chi connectivity index (χ1) is 6.63. The highest BCUT2D eigenvalue weighted by Gasteiger charge is 2.03. The lowest BCUT2D eigenvalue weighted by molar-refractivity contribution is -0.108. The van der Waals surface area contributed by atoms with E-state index >= 15 is 0 Å². The Kier molecular flexibility index (Phi) is 3.84. The smallest absolute Gasteiger partial charge is 0.137 e. The normalized spacial score (nSPS) is 12.9. The van der Waals surface area contributed by atoms with Gasteiger partial charge in [0.15, 0.2) is 0 Å². The van der Waals surface area contributed by atoms with Crippen molar-refractivity contribution in [3.8, 4) is 0 Å². The van der Waals surface area contributed by atoms with Crippen molar-refractivity contribution in [1.29, 1.82) is 0 Å². The zero-order valence-electron chi connectivity index (χ0n) is 8.73. The molecule has 0 aromatic heterocycles. The molecule has 1 rings (SSSR count). The van der Waals surface area contributed by atoms with E-state index in [1.807, 2.05) is 12.1 Å². The molecule has 0 aliphatic carbocycles. The largest absolute Gasteiger partial charge is 0.321 e. The van der Waals surface area contributed by atoms with Crippen molar-refractivity contribution in [2.75, 3.05) is 0 Å². The van der Waals surface area contributed by atoms with Crippen LogP contribution in [0.25, 0.3) is 0 Å². The highest BCUT2D eigenvalue weighted by Crippen LogP contribution is 2.14. The van der Waals surface area contributed by atoms with Crippen molar-refractivity contribution in [1.82, 2.24) is 0 Å². The summed E-state index contributed by atoms with van der Waals surface area (Å²) in [4.78, 5) is 10.4. The van der Waals surface area contributed by atoms with E-state index in [1.165, 1.54) is 5.56 Å². The third kappa shape index (κ3) is 2.96. The maximum atomic E-state index is 10.4. The second-order valence-electron chi connectivity index (χ2n) is 3.90. The number of hydrogen-bond acceptors (Lipinski definition) is 2. The number of benzene rings is 1. The van der Waals surface area contributed by atoms with Crippen LogP contribution in [0.2, 0.25) is 0 Å². The van der Waals surface area contributed by atoms with Crippen LogP contribution in [-0.2, 0) is 11.2 Å². The van der Waals surface area contributed by atoms with Crippen LogP contribution in [0.5, 0.6) is 0 Å². The van der Waals surface area contributed by atoms with E-state index in [0.717, 1.165) is 11.8 Å². The molecular weight excluding hydrogens is 174 g/mol. The molecule has 1 aromatic carbocycles. The van der Waals surface area contributed by atoms with E-state index in [-0.39, 0.29) is 6.04 Å². The lowest BCUT2D eigenvalue weighted by Crippen LogP contribution is -2.23. The van der Waals surface area contributed by atoms with Gasteiger partial charge in [-0.15, -0.1) is 0 Å². The highest BCUT2D eigenvalue weighted by atomic mass is 16.1. The van der Waals surface area contributed by atoms with E-state index in [9.17, 15) is 4.79 Å². The van der Waals surface area contributed by atoms with E-state index in [1.54, 1.807) is 0 Å². The molecule has 1 aromatic rings. The summed E-state index contributed by atoms with van der Waals surface area (Å²) >= 11 is 0. The van der Waals surface area contributed by atoms with Crippen LogP contribution in [-0.4, -0.2) is 12.3 Å². The molecule has 1 unspecified atom stereocenters. The van der Waals surface area contributed by atoms with Gasteiger partial charge in [-0.25, -0.2) is 0 Å². The van der Waals surface area contributed by atoms with Gasteiger partial charge in [-0.05, 0) is 23.5 Å². The second-order valence-corrected chi connectivity index (χ2v) is 3.90. The van der Waals surface area contributed by atoms with Crippen LogP contribution >= 0.6 is 0 Å². The number of hydrogen-bond donors (Lipinski definition) is 1. The Bertz CT molecular complexity index is 290. The van der Waals surface area contributed by atoms with Crippen LogP contribution in [0.3, 0.4) is 0 Å². The fourth-order valence-electron chi connectivity index (χ4n) is 1.36. The van der Waals surface area contributed by atoms with Crippen molar-refractivity contribution >= 4 is 6.29 Å². The summed E-state index contributed by atoms with van der Waals surface area (Å²) in [6.07, 6.45) is 1.41.